The third-order valence-corrected chi connectivity index (χ3v) is 3.44. The Kier molecular flexibility index (Phi) is 5.10. The first kappa shape index (κ1) is 12.5. The Morgan fingerprint density at radius 1 is 1.47 bits per heavy atom. The van der Waals surface area contributed by atoms with Crippen molar-refractivity contribution in [3.05, 3.63) is 0 Å². The molecule has 1 heterocycles. The molecule has 0 aromatic heterocycles. The van der Waals surface area contributed by atoms with Crippen molar-refractivity contribution in [2.75, 3.05) is 32.7 Å². The maximum absolute atomic E-state index is 5.89. The summed E-state index contributed by atoms with van der Waals surface area (Å²) in [6, 6.07) is 0. The number of terminal acetylenes is 1. The van der Waals surface area contributed by atoms with Crippen LogP contribution in [-0.4, -0.2) is 43.2 Å². The zero-order chi connectivity index (χ0) is 11.1. The van der Waals surface area contributed by atoms with E-state index in [-0.39, 0.29) is 5.54 Å². The molecule has 0 spiro atoms. The standard InChI is InChI=1S/C12H23N3/c1-3-8-14-12(11-13)6-5-9-15(4-2)10-7-12/h1,14H,4-11,13H2,2H3. The highest BCUT2D eigenvalue weighted by Gasteiger charge is 2.29. The van der Waals surface area contributed by atoms with Crippen molar-refractivity contribution in [1.29, 1.82) is 0 Å². The largest absolute Gasteiger partial charge is 0.329 e. The van der Waals surface area contributed by atoms with Gasteiger partial charge in [-0.2, -0.15) is 0 Å². The van der Waals surface area contributed by atoms with Gasteiger partial charge in [-0.1, -0.05) is 12.8 Å². The normalized spacial score (nSPS) is 28.3. The van der Waals surface area contributed by atoms with E-state index < -0.39 is 0 Å². The molecule has 0 amide bonds. The fourth-order valence-electron chi connectivity index (χ4n) is 2.26. The first-order valence-corrected chi connectivity index (χ1v) is 5.87. The summed E-state index contributed by atoms with van der Waals surface area (Å²) in [6.45, 7) is 6.98. The Morgan fingerprint density at radius 3 is 2.87 bits per heavy atom. The summed E-state index contributed by atoms with van der Waals surface area (Å²) < 4.78 is 0. The van der Waals surface area contributed by atoms with Crippen molar-refractivity contribution < 1.29 is 0 Å². The summed E-state index contributed by atoms with van der Waals surface area (Å²) in [5, 5.41) is 3.43. The molecule has 0 aromatic rings. The highest BCUT2D eigenvalue weighted by Crippen LogP contribution is 2.21. The predicted octanol–water partition coefficient (Wildman–Crippen LogP) is 0.413. The van der Waals surface area contributed by atoms with Crippen molar-refractivity contribution in [3.8, 4) is 12.3 Å². The average Bonchev–Trinajstić information content (AvgIpc) is 2.49. The molecule has 0 aliphatic carbocycles. The van der Waals surface area contributed by atoms with Gasteiger partial charge in [-0.3, -0.25) is 5.32 Å². The van der Waals surface area contributed by atoms with Gasteiger partial charge in [-0.15, -0.1) is 6.42 Å². The molecule has 3 heteroatoms. The van der Waals surface area contributed by atoms with Crippen molar-refractivity contribution in [1.82, 2.24) is 10.2 Å². The summed E-state index contributed by atoms with van der Waals surface area (Å²) in [7, 11) is 0. The van der Waals surface area contributed by atoms with Crippen LogP contribution >= 0.6 is 0 Å². The molecule has 1 fully saturated rings. The lowest BCUT2D eigenvalue weighted by atomic mass is 9.90. The van der Waals surface area contributed by atoms with Crippen LogP contribution in [0.5, 0.6) is 0 Å². The van der Waals surface area contributed by atoms with Crippen molar-refractivity contribution in [2.45, 2.75) is 31.7 Å². The molecule has 0 aromatic carbocycles. The molecule has 1 aliphatic rings. The Bertz CT molecular complexity index is 221. The highest BCUT2D eigenvalue weighted by molar-refractivity contribution is 4.97. The molecule has 86 valence electrons. The Labute approximate surface area is 93.4 Å². The fourth-order valence-corrected chi connectivity index (χ4v) is 2.26. The summed E-state index contributed by atoms with van der Waals surface area (Å²) >= 11 is 0. The number of hydrogen-bond donors (Lipinski definition) is 2. The molecule has 3 nitrogen and oxygen atoms in total. The van der Waals surface area contributed by atoms with Gasteiger partial charge in [0.1, 0.15) is 0 Å². The number of hydrogen-bond acceptors (Lipinski definition) is 3. The van der Waals surface area contributed by atoms with Gasteiger partial charge in [0.05, 0.1) is 6.54 Å². The van der Waals surface area contributed by atoms with Crippen LogP contribution in [0.3, 0.4) is 0 Å². The number of nitrogens with two attached hydrogens (primary N) is 1. The van der Waals surface area contributed by atoms with Crippen LogP contribution in [0.1, 0.15) is 26.2 Å². The minimum absolute atomic E-state index is 0.0797. The monoisotopic (exact) mass is 209 g/mol. The quantitative estimate of drug-likeness (QED) is 0.659. The molecule has 1 unspecified atom stereocenters. The van der Waals surface area contributed by atoms with Gasteiger partial charge in [0.25, 0.3) is 0 Å². The van der Waals surface area contributed by atoms with Gasteiger partial charge < -0.3 is 10.6 Å². The minimum atomic E-state index is 0.0797. The number of rotatable bonds is 4. The molecule has 3 N–H and O–H groups in total. The first-order chi connectivity index (χ1) is 7.26. The van der Waals surface area contributed by atoms with Crippen LogP contribution in [0.25, 0.3) is 0 Å². The Hall–Kier alpha value is -0.560. The van der Waals surface area contributed by atoms with E-state index in [1.807, 2.05) is 0 Å². The van der Waals surface area contributed by atoms with Crippen molar-refractivity contribution >= 4 is 0 Å². The van der Waals surface area contributed by atoms with Gasteiger partial charge in [-0.25, -0.2) is 0 Å². The van der Waals surface area contributed by atoms with E-state index in [9.17, 15) is 0 Å². The first-order valence-electron chi connectivity index (χ1n) is 5.87. The molecular weight excluding hydrogens is 186 g/mol. The zero-order valence-electron chi connectivity index (χ0n) is 9.76. The fraction of sp³-hybridized carbons (Fsp3) is 0.833. The SMILES string of the molecule is C#CCNC1(CN)CCCN(CC)CC1. The number of nitrogens with zero attached hydrogens (tertiary/aromatic N) is 1. The lowest BCUT2D eigenvalue weighted by molar-refractivity contribution is 0.272. The van der Waals surface area contributed by atoms with E-state index in [2.05, 4.69) is 23.1 Å². The molecular formula is C12H23N3. The maximum atomic E-state index is 5.89. The number of nitrogens with one attached hydrogen (secondary N) is 1. The van der Waals surface area contributed by atoms with Gasteiger partial charge in [-0.05, 0) is 38.9 Å². The van der Waals surface area contributed by atoms with Crippen LogP contribution in [0.2, 0.25) is 0 Å². The van der Waals surface area contributed by atoms with E-state index in [1.165, 1.54) is 13.0 Å². The molecule has 1 rings (SSSR count). The van der Waals surface area contributed by atoms with Gasteiger partial charge in [0, 0.05) is 12.1 Å². The second kappa shape index (κ2) is 6.12. The summed E-state index contributed by atoms with van der Waals surface area (Å²) in [5.41, 5.74) is 5.97. The smallest absolute Gasteiger partial charge is 0.0578 e. The van der Waals surface area contributed by atoms with Crippen molar-refractivity contribution in [3.63, 3.8) is 0 Å². The van der Waals surface area contributed by atoms with Gasteiger partial charge in [0.2, 0.25) is 0 Å². The number of likely N-dealkylation sites (tertiary alicyclic amines) is 1. The van der Waals surface area contributed by atoms with Crippen LogP contribution in [0.15, 0.2) is 0 Å². The predicted molar refractivity (Wildman–Crippen MR) is 64.6 cm³/mol. The highest BCUT2D eigenvalue weighted by atomic mass is 15.1. The van der Waals surface area contributed by atoms with Crippen LogP contribution in [-0.2, 0) is 0 Å². The van der Waals surface area contributed by atoms with Crippen LogP contribution < -0.4 is 11.1 Å². The minimum Gasteiger partial charge on any atom is -0.329 e. The zero-order valence-corrected chi connectivity index (χ0v) is 9.76. The van der Waals surface area contributed by atoms with E-state index >= 15 is 0 Å². The van der Waals surface area contributed by atoms with Gasteiger partial charge >= 0.3 is 0 Å². The second-order valence-corrected chi connectivity index (χ2v) is 4.33. The third kappa shape index (κ3) is 3.49. The second-order valence-electron chi connectivity index (χ2n) is 4.33. The molecule has 15 heavy (non-hydrogen) atoms. The van der Waals surface area contributed by atoms with Gasteiger partial charge in [0.15, 0.2) is 0 Å². The van der Waals surface area contributed by atoms with E-state index in [0.29, 0.717) is 13.1 Å². The average molecular weight is 209 g/mol. The summed E-state index contributed by atoms with van der Waals surface area (Å²) in [5.74, 6) is 2.64. The maximum Gasteiger partial charge on any atom is 0.0578 e. The Balaban J connectivity index is 2.54. The molecule has 1 aliphatic heterocycles. The topological polar surface area (TPSA) is 41.3 Å². The van der Waals surface area contributed by atoms with E-state index in [1.54, 1.807) is 0 Å². The third-order valence-electron chi connectivity index (χ3n) is 3.44. The van der Waals surface area contributed by atoms with Crippen molar-refractivity contribution in [2.24, 2.45) is 5.73 Å². The summed E-state index contributed by atoms with van der Waals surface area (Å²) in [4.78, 5) is 2.48. The lowest BCUT2D eigenvalue weighted by Crippen LogP contribution is -2.51. The van der Waals surface area contributed by atoms with E-state index in [0.717, 1.165) is 25.9 Å². The molecule has 1 saturated heterocycles. The molecule has 0 saturated carbocycles. The lowest BCUT2D eigenvalue weighted by Gasteiger charge is -2.32. The summed E-state index contributed by atoms with van der Waals surface area (Å²) in [6.07, 6.45) is 8.75. The van der Waals surface area contributed by atoms with E-state index in [4.69, 9.17) is 12.2 Å². The van der Waals surface area contributed by atoms with Crippen LogP contribution in [0, 0.1) is 12.3 Å². The molecule has 1 atom stereocenters. The van der Waals surface area contributed by atoms with Crippen LogP contribution in [0.4, 0.5) is 0 Å². The molecule has 0 bridgehead atoms. The molecule has 0 radical (unpaired) electrons. The Morgan fingerprint density at radius 2 is 2.27 bits per heavy atom.